The van der Waals surface area contributed by atoms with Gasteiger partial charge in [-0.3, -0.25) is 9.59 Å². The summed E-state index contributed by atoms with van der Waals surface area (Å²) in [4.78, 5) is 23.5. The molecule has 28 heavy (non-hydrogen) atoms. The molecule has 0 spiro atoms. The highest BCUT2D eigenvalue weighted by Gasteiger charge is 2.29. The fourth-order valence-corrected chi connectivity index (χ4v) is 4.11. The highest BCUT2D eigenvalue weighted by atomic mass is 32.2. The van der Waals surface area contributed by atoms with E-state index < -0.39 is 21.7 Å². The topological polar surface area (TPSA) is 95.6 Å². The lowest BCUT2D eigenvalue weighted by Gasteiger charge is -2.26. The number of hydrogen-bond acceptors (Lipinski definition) is 4. The van der Waals surface area contributed by atoms with Gasteiger partial charge in [0.2, 0.25) is 21.8 Å². The SMILES string of the molecule is O=C(/C=C/c1ccccc1F)Nc1cccc(S(=O)(=O)N2CCNC(=O)C2)c1. The minimum Gasteiger partial charge on any atom is -0.354 e. The van der Waals surface area contributed by atoms with Crippen molar-refractivity contribution in [3.8, 4) is 0 Å². The predicted octanol–water partition coefficient (Wildman–Crippen LogP) is 1.60. The van der Waals surface area contributed by atoms with Crippen LogP contribution in [0.1, 0.15) is 5.56 Å². The van der Waals surface area contributed by atoms with Crippen molar-refractivity contribution >= 4 is 33.6 Å². The van der Waals surface area contributed by atoms with E-state index in [0.29, 0.717) is 0 Å². The van der Waals surface area contributed by atoms with Crippen molar-refractivity contribution in [2.45, 2.75) is 4.90 Å². The van der Waals surface area contributed by atoms with Gasteiger partial charge in [-0.15, -0.1) is 0 Å². The van der Waals surface area contributed by atoms with Crippen molar-refractivity contribution in [1.82, 2.24) is 9.62 Å². The van der Waals surface area contributed by atoms with Gasteiger partial charge in [0.05, 0.1) is 11.4 Å². The van der Waals surface area contributed by atoms with Gasteiger partial charge in [0.1, 0.15) is 5.82 Å². The second-order valence-corrected chi connectivity index (χ2v) is 8.00. The van der Waals surface area contributed by atoms with Gasteiger partial charge in [-0.2, -0.15) is 4.31 Å². The average molecular weight is 403 g/mol. The van der Waals surface area contributed by atoms with Crippen molar-refractivity contribution in [3.05, 3.63) is 66.0 Å². The summed E-state index contributed by atoms with van der Waals surface area (Å²) in [5.41, 5.74) is 0.531. The third kappa shape index (κ3) is 4.62. The fourth-order valence-electron chi connectivity index (χ4n) is 2.66. The predicted molar refractivity (Wildman–Crippen MR) is 102 cm³/mol. The molecule has 0 saturated carbocycles. The third-order valence-electron chi connectivity index (χ3n) is 4.06. The molecule has 7 nitrogen and oxygen atoms in total. The molecule has 1 saturated heterocycles. The maximum absolute atomic E-state index is 13.6. The quantitative estimate of drug-likeness (QED) is 0.742. The first-order chi connectivity index (χ1) is 13.4. The zero-order valence-corrected chi connectivity index (χ0v) is 15.6. The van der Waals surface area contributed by atoms with Crippen molar-refractivity contribution < 1.29 is 22.4 Å². The summed E-state index contributed by atoms with van der Waals surface area (Å²) in [6.45, 7) is 0.176. The minimum absolute atomic E-state index is 0.0296. The number of rotatable bonds is 5. The van der Waals surface area contributed by atoms with Gasteiger partial charge in [0.15, 0.2) is 0 Å². The van der Waals surface area contributed by atoms with Crippen molar-refractivity contribution in [3.63, 3.8) is 0 Å². The first kappa shape index (κ1) is 19.7. The van der Waals surface area contributed by atoms with Crippen LogP contribution in [0.4, 0.5) is 10.1 Å². The molecular weight excluding hydrogens is 385 g/mol. The molecule has 146 valence electrons. The van der Waals surface area contributed by atoms with Crippen molar-refractivity contribution in [2.75, 3.05) is 25.0 Å². The summed E-state index contributed by atoms with van der Waals surface area (Å²) in [7, 11) is -3.86. The Balaban J connectivity index is 1.73. The molecule has 1 heterocycles. The van der Waals surface area contributed by atoms with Crippen molar-refractivity contribution in [2.24, 2.45) is 0 Å². The number of carbonyl (C=O) groups excluding carboxylic acids is 2. The Morgan fingerprint density at radius 2 is 1.96 bits per heavy atom. The molecule has 1 aliphatic heterocycles. The number of anilines is 1. The number of carbonyl (C=O) groups is 2. The van der Waals surface area contributed by atoms with E-state index in [0.717, 1.165) is 10.4 Å². The molecule has 0 radical (unpaired) electrons. The molecule has 0 aliphatic carbocycles. The summed E-state index contributed by atoms with van der Waals surface area (Å²) in [6.07, 6.45) is 2.49. The molecule has 2 amide bonds. The lowest BCUT2D eigenvalue weighted by Crippen LogP contribution is -2.49. The second kappa shape index (κ2) is 8.32. The largest absolute Gasteiger partial charge is 0.354 e. The number of amides is 2. The number of piperazine rings is 1. The first-order valence-corrected chi connectivity index (χ1v) is 9.91. The zero-order valence-electron chi connectivity index (χ0n) is 14.8. The molecule has 0 aromatic heterocycles. The first-order valence-electron chi connectivity index (χ1n) is 8.47. The lowest BCUT2D eigenvalue weighted by molar-refractivity contribution is -0.122. The van der Waals surface area contributed by atoms with Crippen LogP contribution in [-0.2, 0) is 19.6 Å². The molecule has 9 heteroatoms. The molecule has 0 bridgehead atoms. The maximum atomic E-state index is 13.6. The van der Waals surface area contributed by atoms with Crippen LogP contribution in [0, 0.1) is 5.82 Å². The van der Waals surface area contributed by atoms with Gasteiger partial charge in [-0.25, -0.2) is 12.8 Å². The van der Waals surface area contributed by atoms with Crippen LogP contribution < -0.4 is 10.6 Å². The third-order valence-corrected chi connectivity index (χ3v) is 5.90. The zero-order chi connectivity index (χ0) is 20.1. The molecule has 3 rings (SSSR count). The van der Waals surface area contributed by atoms with Gasteiger partial charge in [-0.05, 0) is 30.3 Å². The Morgan fingerprint density at radius 3 is 2.71 bits per heavy atom. The molecular formula is C19H18FN3O4S. The Bertz CT molecular complexity index is 1040. The number of halogens is 1. The highest BCUT2D eigenvalue weighted by Crippen LogP contribution is 2.20. The molecule has 2 N–H and O–H groups in total. The molecule has 0 atom stereocenters. The number of benzene rings is 2. The van der Waals surface area contributed by atoms with E-state index in [2.05, 4.69) is 10.6 Å². The van der Waals surface area contributed by atoms with E-state index in [1.54, 1.807) is 12.1 Å². The molecule has 2 aromatic carbocycles. The second-order valence-electron chi connectivity index (χ2n) is 6.06. The summed E-state index contributed by atoms with van der Waals surface area (Å²) >= 11 is 0. The van der Waals surface area contributed by atoms with Crippen LogP contribution in [0.25, 0.3) is 6.08 Å². The summed E-state index contributed by atoms with van der Waals surface area (Å²) in [5, 5.41) is 5.11. The van der Waals surface area contributed by atoms with Gasteiger partial charge in [-0.1, -0.05) is 24.3 Å². The summed E-state index contributed by atoms with van der Waals surface area (Å²) in [5.74, 6) is -1.35. The Hall–Kier alpha value is -3.04. The van der Waals surface area contributed by atoms with Crippen LogP contribution in [0.3, 0.4) is 0 Å². The summed E-state index contributed by atoms with van der Waals surface area (Å²) < 4.78 is 40.1. The highest BCUT2D eigenvalue weighted by molar-refractivity contribution is 7.89. The van der Waals surface area contributed by atoms with Crippen LogP contribution in [0.5, 0.6) is 0 Å². The van der Waals surface area contributed by atoms with E-state index in [9.17, 15) is 22.4 Å². The van der Waals surface area contributed by atoms with Crippen LogP contribution in [0.2, 0.25) is 0 Å². The number of hydrogen-bond donors (Lipinski definition) is 2. The van der Waals surface area contributed by atoms with Gasteiger partial charge >= 0.3 is 0 Å². The fraction of sp³-hybridized carbons (Fsp3) is 0.158. The number of sulfonamides is 1. The normalized spacial score (nSPS) is 15.4. The van der Waals surface area contributed by atoms with Gasteiger partial charge in [0, 0.05) is 30.4 Å². The van der Waals surface area contributed by atoms with E-state index in [4.69, 9.17) is 0 Å². The maximum Gasteiger partial charge on any atom is 0.248 e. The van der Waals surface area contributed by atoms with E-state index in [-0.39, 0.29) is 41.7 Å². The Labute approximate surface area is 161 Å². The smallest absolute Gasteiger partial charge is 0.248 e. The Kier molecular flexibility index (Phi) is 5.86. The number of nitrogens with zero attached hydrogens (tertiary/aromatic N) is 1. The number of nitrogens with one attached hydrogen (secondary N) is 2. The van der Waals surface area contributed by atoms with Crippen LogP contribution in [-0.4, -0.2) is 44.2 Å². The average Bonchev–Trinajstić information content (AvgIpc) is 2.67. The van der Waals surface area contributed by atoms with Crippen LogP contribution >= 0.6 is 0 Å². The van der Waals surface area contributed by atoms with Gasteiger partial charge in [0.25, 0.3) is 0 Å². The Morgan fingerprint density at radius 1 is 1.18 bits per heavy atom. The van der Waals surface area contributed by atoms with E-state index in [1.807, 2.05) is 0 Å². The van der Waals surface area contributed by atoms with Crippen molar-refractivity contribution in [1.29, 1.82) is 0 Å². The van der Waals surface area contributed by atoms with E-state index >= 15 is 0 Å². The van der Waals surface area contributed by atoms with Crippen LogP contribution in [0.15, 0.2) is 59.5 Å². The van der Waals surface area contributed by atoms with Gasteiger partial charge < -0.3 is 10.6 Å². The monoisotopic (exact) mass is 403 g/mol. The molecule has 1 aliphatic rings. The standard InChI is InChI=1S/C19H18FN3O4S/c20-17-7-2-1-4-14(17)8-9-18(24)22-15-5-3-6-16(12-15)28(26,27)23-11-10-21-19(25)13-23/h1-9,12H,10-11,13H2,(H,21,25)(H,22,24)/b9-8+. The van der Waals surface area contributed by atoms with E-state index in [1.165, 1.54) is 42.5 Å². The molecule has 2 aromatic rings. The molecule has 1 fully saturated rings. The minimum atomic E-state index is -3.86. The lowest BCUT2D eigenvalue weighted by atomic mass is 10.2. The molecule has 0 unspecified atom stereocenters. The summed E-state index contributed by atoms with van der Waals surface area (Å²) in [6, 6.07) is 11.8.